The van der Waals surface area contributed by atoms with Crippen molar-refractivity contribution < 1.29 is 0 Å². The van der Waals surface area contributed by atoms with Crippen molar-refractivity contribution in [3.63, 3.8) is 0 Å². The second-order valence-electron chi connectivity index (χ2n) is 6.44. The van der Waals surface area contributed by atoms with Gasteiger partial charge in [0.15, 0.2) is 0 Å². The predicted octanol–water partition coefficient (Wildman–Crippen LogP) is 4.62. The summed E-state index contributed by atoms with van der Waals surface area (Å²) < 4.78 is 0. The minimum atomic E-state index is 0.624. The van der Waals surface area contributed by atoms with E-state index in [4.69, 9.17) is 0 Å². The Kier molecular flexibility index (Phi) is 4.22. The minimum absolute atomic E-state index is 0.624. The summed E-state index contributed by atoms with van der Waals surface area (Å²) in [5.74, 6) is 0.989. The molecule has 0 aromatic heterocycles. The molecule has 1 fully saturated rings. The minimum Gasteiger partial charge on any atom is -0.307 e. The maximum Gasteiger partial charge on any atom is 0.0328 e. The van der Waals surface area contributed by atoms with Crippen LogP contribution in [-0.4, -0.2) is 6.04 Å². The highest BCUT2D eigenvalue weighted by molar-refractivity contribution is 5.34. The standard InChI is InChI=1S/C18H27N/c1-2-14-6-5-8-16(12-10-14)19-18-13-11-15-7-3-4-9-17(15)18/h3-4,7,9,14,16,18-19H,2,5-6,8,10-13H2,1H3. The van der Waals surface area contributed by atoms with Crippen LogP contribution in [0.25, 0.3) is 0 Å². The maximum absolute atomic E-state index is 3.96. The molecular formula is C18H27N. The highest BCUT2D eigenvalue weighted by Gasteiger charge is 2.25. The van der Waals surface area contributed by atoms with Crippen molar-refractivity contribution in [1.29, 1.82) is 0 Å². The topological polar surface area (TPSA) is 12.0 Å². The molecule has 3 atom stereocenters. The van der Waals surface area contributed by atoms with Gasteiger partial charge in [-0.3, -0.25) is 0 Å². The van der Waals surface area contributed by atoms with E-state index in [2.05, 4.69) is 36.5 Å². The number of hydrogen-bond acceptors (Lipinski definition) is 1. The summed E-state index contributed by atoms with van der Waals surface area (Å²) in [6.07, 6.45) is 11.0. The van der Waals surface area contributed by atoms with E-state index < -0.39 is 0 Å². The average molecular weight is 257 g/mol. The zero-order valence-corrected chi connectivity index (χ0v) is 12.2. The van der Waals surface area contributed by atoms with E-state index in [-0.39, 0.29) is 0 Å². The van der Waals surface area contributed by atoms with Crippen molar-refractivity contribution in [2.75, 3.05) is 0 Å². The fraction of sp³-hybridized carbons (Fsp3) is 0.667. The van der Waals surface area contributed by atoms with Crippen molar-refractivity contribution in [2.45, 2.75) is 70.4 Å². The van der Waals surface area contributed by atoms with Gasteiger partial charge in [0.25, 0.3) is 0 Å². The molecule has 2 aliphatic rings. The summed E-state index contributed by atoms with van der Waals surface area (Å²) >= 11 is 0. The van der Waals surface area contributed by atoms with E-state index in [1.807, 2.05) is 0 Å². The Labute approximate surface area is 117 Å². The lowest BCUT2D eigenvalue weighted by molar-refractivity contribution is 0.387. The molecule has 0 spiro atoms. The van der Waals surface area contributed by atoms with Crippen molar-refractivity contribution >= 4 is 0 Å². The molecule has 0 aliphatic heterocycles. The van der Waals surface area contributed by atoms with Crippen molar-refractivity contribution in [3.8, 4) is 0 Å². The van der Waals surface area contributed by atoms with Crippen LogP contribution in [0.4, 0.5) is 0 Å². The lowest BCUT2D eigenvalue weighted by Crippen LogP contribution is -2.31. The number of fused-ring (bicyclic) bond motifs is 1. The molecule has 1 heteroatoms. The fourth-order valence-electron chi connectivity index (χ4n) is 3.97. The number of rotatable bonds is 3. The van der Waals surface area contributed by atoms with Gasteiger partial charge in [0.2, 0.25) is 0 Å². The highest BCUT2D eigenvalue weighted by atomic mass is 15.0. The van der Waals surface area contributed by atoms with Crippen LogP contribution in [-0.2, 0) is 6.42 Å². The van der Waals surface area contributed by atoms with Gasteiger partial charge < -0.3 is 5.32 Å². The van der Waals surface area contributed by atoms with Crippen LogP contribution in [0.5, 0.6) is 0 Å². The Balaban J connectivity index is 1.60. The number of aryl methyl sites for hydroxylation is 1. The molecule has 3 unspecified atom stereocenters. The maximum atomic E-state index is 3.96. The van der Waals surface area contributed by atoms with Crippen LogP contribution in [0.15, 0.2) is 24.3 Å². The molecule has 1 aromatic rings. The molecule has 0 bridgehead atoms. The number of hydrogen-bond donors (Lipinski definition) is 1. The van der Waals surface area contributed by atoms with Gasteiger partial charge in [-0.05, 0) is 49.1 Å². The quantitative estimate of drug-likeness (QED) is 0.779. The van der Waals surface area contributed by atoms with E-state index in [0.29, 0.717) is 6.04 Å². The van der Waals surface area contributed by atoms with E-state index in [1.54, 1.807) is 11.1 Å². The van der Waals surface area contributed by atoms with Crippen LogP contribution in [0.1, 0.15) is 69.0 Å². The Morgan fingerprint density at radius 2 is 1.95 bits per heavy atom. The van der Waals surface area contributed by atoms with Crippen molar-refractivity contribution in [2.24, 2.45) is 5.92 Å². The van der Waals surface area contributed by atoms with Crippen LogP contribution in [0.3, 0.4) is 0 Å². The van der Waals surface area contributed by atoms with Gasteiger partial charge in [0.1, 0.15) is 0 Å². The van der Waals surface area contributed by atoms with Gasteiger partial charge in [0, 0.05) is 12.1 Å². The largest absolute Gasteiger partial charge is 0.307 e. The zero-order valence-electron chi connectivity index (χ0n) is 12.2. The summed E-state index contributed by atoms with van der Waals surface area (Å²) in [7, 11) is 0. The van der Waals surface area contributed by atoms with Crippen LogP contribution in [0, 0.1) is 5.92 Å². The van der Waals surface area contributed by atoms with Gasteiger partial charge in [0.05, 0.1) is 0 Å². The molecule has 1 N–H and O–H groups in total. The van der Waals surface area contributed by atoms with Crippen LogP contribution < -0.4 is 5.32 Å². The predicted molar refractivity (Wildman–Crippen MR) is 81.3 cm³/mol. The van der Waals surface area contributed by atoms with Gasteiger partial charge in [-0.15, -0.1) is 0 Å². The first-order valence-corrected chi connectivity index (χ1v) is 8.20. The number of benzene rings is 1. The first-order chi connectivity index (χ1) is 9.36. The van der Waals surface area contributed by atoms with Crippen LogP contribution >= 0.6 is 0 Å². The van der Waals surface area contributed by atoms with Gasteiger partial charge in [-0.1, -0.05) is 50.5 Å². The SMILES string of the molecule is CCC1CCCC(NC2CCc3ccccc32)CC1. The summed E-state index contributed by atoms with van der Waals surface area (Å²) in [6.45, 7) is 2.35. The summed E-state index contributed by atoms with van der Waals surface area (Å²) in [5.41, 5.74) is 3.14. The van der Waals surface area contributed by atoms with E-state index >= 15 is 0 Å². The Hall–Kier alpha value is -0.820. The lowest BCUT2D eigenvalue weighted by Gasteiger charge is -2.22. The molecule has 2 aliphatic carbocycles. The van der Waals surface area contributed by atoms with Crippen molar-refractivity contribution in [3.05, 3.63) is 35.4 Å². The van der Waals surface area contributed by atoms with Crippen molar-refractivity contribution in [1.82, 2.24) is 5.32 Å². The molecule has 1 aromatic carbocycles. The third-order valence-corrected chi connectivity index (χ3v) is 5.24. The molecule has 1 nitrogen and oxygen atoms in total. The lowest BCUT2D eigenvalue weighted by atomic mass is 9.97. The molecule has 0 saturated heterocycles. The monoisotopic (exact) mass is 257 g/mol. The first kappa shape index (κ1) is 13.2. The Bertz CT molecular complexity index is 412. The summed E-state index contributed by atoms with van der Waals surface area (Å²) in [5, 5.41) is 3.96. The molecule has 0 heterocycles. The van der Waals surface area contributed by atoms with Gasteiger partial charge in [-0.2, -0.15) is 0 Å². The average Bonchev–Trinajstić information content (AvgIpc) is 2.71. The van der Waals surface area contributed by atoms with Gasteiger partial charge >= 0.3 is 0 Å². The summed E-state index contributed by atoms with van der Waals surface area (Å²) in [4.78, 5) is 0. The fourth-order valence-corrected chi connectivity index (χ4v) is 3.97. The van der Waals surface area contributed by atoms with E-state index in [0.717, 1.165) is 12.0 Å². The molecule has 0 amide bonds. The zero-order chi connectivity index (χ0) is 13.1. The molecule has 3 rings (SSSR count). The Morgan fingerprint density at radius 3 is 2.84 bits per heavy atom. The normalized spacial score (nSPS) is 30.9. The smallest absolute Gasteiger partial charge is 0.0328 e. The Morgan fingerprint density at radius 1 is 1.05 bits per heavy atom. The highest BCUT2D eigenvalue weighted by Crippen LogP contribution is 2.33. The van der Waals surface area contributed by atoms with E-state index in [1.165, 1.54) is 51.4 Å². The van der Waals surface area contributed by atoms with Crippen LogP contribution in [0.2, 0.25) is 0 Å². The second kappa shape index (κ2) is 6.09. The molecule has 1 saturated carbocycles. The third-order valence-electron chi connectivity index (χ3n) is 5.24. The van der Waals surface area contributed by atoms with Gasteiger partial charge in [-0.25, -0.2) is 0 Å². The molecular weight excluding hydrogens is 230 g/mol. The summed E-state index contributed by atoms with van der Waals surface area (Å²) in [6, 6.07) is 10.4. The molecule has 104 valence electrons. The molecule has 19 heavy (non-hydrogen) atoms. The third kappa shape index (κ3) is 3.02. The van der Waals surface area contributed by atoms with E-state index in [9.17, 15) is 0 Å². The second-order valence-corrected chi connectivity index (χ2v) is 6.44. The molecule has 0 radical (unpaired) electrons. The first-order valence-electron chi connectivity index (χ1n) is 8.20. The number of nitrogens with one attached hydrogen (secondary N) is 1.